The zero-order valence-corrected chi connectivity index (χ0v) is 11.2. The molecule has 1 aromatic rings. The number of hydrogen-bond acceptors (Lipinski definition) is 4. The molecule has 1 aliphatic rings. The summed E-state index contributed by atoms with van der Waals surface area (Å²) in [6.07, 6.45) is 3.74. The third-order valence-electron chi connectivity index (χ3n) is 3.13. The van der Waals surface area contributed by atoms with Crippen molar-refractivity contribution >= 4 is 11.8 Å². The number of hydrogen-bond donors (Lipinski definition) is 1. The van der Waals surface area contributed by atoms with E-state index in [1.807, 2.05) is 18.5 Å². The van der Waals surface area contributed by atoms with Gasteiger partial charge in [-0.3, -0.25) is 9.88 Å². The second-order valence-corrected chi connectivity index (χ2v) is 5.65. The Morgan fingerprint density at radius 3 is 3.29 bits per heavy atom. The molecule has 4 heteroatoms. The Kier molecular flexibility index (Phi) is 5.29. The average Bonchev–Trinajstić information content (AvgIpc) is 2.38. The zero-order chi connectivity index (χ0) is 11.9. The van der Waals surface area contributed by atoms with E-state index in [0.717, 1.165) is 25.7 Å². The molecule has 1 fully saturated rings. The predicted molar refractivity (Wildman–Crippen MR) is 74.3 cm³/mol. The lowest BCUT2D eigenvalue weighted by Crippen LogP contribution is -2.43. The maximum atomic E-state index is 4.11. The molecule has 3 nitrogen and oxygen atoms in total. The minimum Gasteiger partial charge on any atom is -0.311 e. The van der Waals surface area contributed by atoms with E-state index >= 15 is 0 Å². The smallest absolute Gasteiger partial charge is 0.0312 e. The van der Waals surface area contributed by atoms with Crippen molar-refractivity contribution in [2.45, 2.75) is 19.5 Å². The first-order chi connectivity index (χ1) is 8.36. The van der Waals surface area contributed by atoms with Crippen molar-refractivity contribution in [3.05, 3.63) is 30.1 Å². The van der Waals surface area contributed by atoms with E-state index < -0.39 is 0 Å². The van der Waals surface area contributed by atoms with Crippen LogP contribution in [0.15, 0.2) is 24.5 Å². The summed E-state index contributed by atoms with van der Waals surface area (Å²) in [5.74, 6) is 2.57. The molecule has 0 bridgehead atoms. The van der Waals surface area contributed by atoms with Crippen LogP contribution in [0.25, 0.3) is 0 Å². The molecule has 0 spiro atoms. The van der Waals surface area contributed by atoms with Gasteiger partial charge in [-0.15, -0.1) is 0 Å². The highest BCUT2D eigenvalue weighted by atomic mass is 32.2. The molecule has 0 saturated carbocycles. The Hall–Kier alpha value is -0.580. The number of rotatable bonds is 5. The third kappa shape index (κ3) is 4.30. The lowest BCUT2D eigenvalue weighted by molar-refractivity contribution is 0.232. The maximum absolute atomic E-state index is 4.11. The molecule has 0 aliphatic carbocycles. The highest BCUT2D eigenvalue weighted by molar-refractivity contribution is 7.99. The summed E-state index contributed by atoms with van der Waals surface area (Å²) < 4.78 is 0. The Balaban J connectivity index is 1.63. The van der Waals surface area contributed by atoms with Crippen molar-refractivity contribution in [1.29, 1.82) is 0 Å². The Morgan fingerprint density at radius 2 is 2.53 bits per heavy atom. The van der Waals surface area contributed by atoms with E-state index in [9.17, 15) is 0 Å². The van der Waals surface area contributed by atoms with Gasteiger partial charge in [0.05, 0.1) is 0 Å². The molecular formula is C13H21N3S. The molecular weight excluding hydrogens is 230 g/mol. The largest absolute Gasteiger partial charge is 0.311 e. The molecule has 1 N–H and O–H groups in total. The van der Waals surface area contributed by atoms with E-state index in [1.165, 1.54) is 23.6 Å². The summed E-state index contributed by atoms with van der Waals surface area (Å²) in [5.41, 5.74) is 1.26. The van der Waals surface area contributed by atoms with Gasteiger partial charge in [0.2, 0.25) is 0 Å². The van der Waals surface area contributed by atoms with Gasteiger partial charge in [-0.1, -0.05) is 6.07 Å². The topological polar surface area (TPSA) is 28.2 Å². The maximum Gasteiger partial charge on any atom is 0.0312 e. The van der Waals surface area contributed by atoms with Crippen LogP contribution in [0.5, 0.6) is 0 Å². The van der Waals surface area contributed by atoms with Crippen LogP contribution in [0.1, 0.15) is 12.5 Å². The Bertz CT molecular complexity index is 318. The highest BCUT2D eigenvalue weighted by Gasteiger charge is 2.17. The van der Waals surface area contributed by atoms with Crippen LogP contribution in [0, 0.1) is 0 Å². The summed E-state index contributed by atoms with van der Waals surface area (Å²) in [5, 5.41) is 3.48. The standard InChI is InChI=1S/C13H21N3S/c1-12-11-17-8-7-16(12)6-5-15-10-13-3-2-4-14-9-13/h2-4,9,12,15H,5-8,10-11H2,1H3. The normalized spacial score (nSPS) is 21.6. The molecule has 1 saturated heterocycles. The molecule has 0 amide bonds. The van der Waals surface area contributed by atoms with Crippen LogP contribution < -0.4 is 5.32 Å². The molecule has 0 aromatic carbocycles. The fraction of sp³-hybridized carbons (Fsp3) is 0.615. The van der Waals surface area contributed by atoms with Crippen LogP contribution in [-0.2, 0) is 6.54 Å². The number of nitrogens with one attached hydrogen (secondary N) is 1. The quantitative estimate of drug-likeness (QED) is 0.805. The van der Waals surface area contributed by atoms with Gasteiger partial charge in [-0.05, 0) is 18.6 Å². The van der Waals surface area contributed by atoms with Gasteiger partial charge in [0.25, 0.3) is 0 Å². The lowest BCUT2D eigenvalue weighted by Gasteiger charge is -2.32. The van der Waals surface area contributed by atoms with E-state index in [0.29, 0.717) is 0 Å². The average molecular weight is 251 g/mol. The van der Waals surface area contributed by atoms with Gasteiger partial charge < -0.3 is 5.32 Å². The van der Waals surface area contributed by atoms with Crippen molar-refractivity contribution < 1.29 is 0 Å². The first-order valence-corrected chi connectivity index (χ1v) is 7.43. The Morgan fingerprint density at radius 1 is 1.59 bits per heavy atom. The first kappa shape index (κ1) is 12.9. The molecule has 2 heterocycles. The summed E-state index contributed by atoms with van der Waals surface area (Å²) in [6.45, 7) is 6.70. The monoisotopic (exact) mass is 251 g/mol. The van der Waals surface area contributed by atoms with Crippen molar-refractivity contribution in [1.82, 2.24) is 15.2 Å². The molecule has 1 atom stereocenters. The van der Waals surface area contributed by atoms with Gasteiger partial charge in [0, 0.05) is 56.1 Å². The van der Waals surface area contributed by atoms with Gasteiger partial charge in [0.15, 0.2) is 0 Å². The van der Waals surface area contributed by atoms with Crippen molar-refractivity contribution in [2.75, 3.05) is 31.1 Å². The summed E-state index contributed by atoms with van der Waals surface area (Å²) in [7, 11) is 0. The lowest BCUT2D eigenvalue weighted by atomic mass is 10.3. The minimum atomic E-state index is 0.731. The number of thioether (sulfide) groups is 1. The summed E-state index contributed by atoms with van der Waals surface area (Å²) in [6, 6.07) is 4.83. The molecule has 2 rings (SSSR count). The van der Waals surface area contributed by atoms with E-state index in [1.54, 1.807) is 0 Å². The van der Waals surface area contributed by atoms with Gasteiger partial charge >= 0.3 is 0 Å². The molecule has 17 heavy (non-hydrogen) atoms. The van der Waals surface area contributed by atoms with Crippen molar-refractivity contribution in [3.8, 4) is 0 Å². The fourth-order valence-electron chi connectivity index (χ4n) is 2.05. The Labute approximate surface area is 108 Å². The number of pyridine rings is 1. The van der Waals surface area contributed by atoms with Crippen LogP contribution in [-0.4, -0.2) is 47.1 Å². The number of nitrogens with zero attached hydrogens (tertiary/aromatic N) is 2. The van der Waals surface area contributed by atoms with E-state index in [2.05, 4.69) is 40.0 Å². The zero-order valence-electron chi connectivity index (χ0n) is 10.4. The molecule has 1 aromatic heterocycles. The highest BCUT2D eigenvalue weighted by Crippen LogP contribution is 2.14. The van der Waals surface area contributed by atoms with E-state index in [4.69, 9.17) is 0 Å². The molecule has 1 unspecified atom stereocenters. The van der Waals surface area contributed by atoms with Gasteiger partial charge in [-0.2, -0.15) is 11.8 Å². The van der Waals surface area contributed by atoms with Crippen molar-refractivity contribution in [3.63, 3.8) is 0 Å². The molecule has 94 valence electrons. The van der Waals surface area contributed by atoms with Gasteiger partial charge in [-0.25, -0.2) is 0 Å². The third-order valence-corrected chi connectivity index (χ3v) is 4.32. The van der Waals surface area contributed by atoms with E-state index in [-0.39, 0.29) is 0 Å². The predicted octanol–water partition coefficient (Wildman–Crippen LogP) is 1.61. The SMILES string of the molecule is CC1CSCCN1CCNCc1cccnc1. The van der Waals surface area contributed by atoms with Gasteiger partial charge in [0.1, 0.15) is 0 Å². The van der Waals surface area contributed by atoms with Crippen LogP contribution in [0.3, 0.4) is 0 Å². The van der Waals surface area contributed by atoms with Crippen molar-refractivity contribution in [2.24, 2.45) is 0 Å². The minimum absolute atomic E-state index is 0.731. The summed E-state index contributed by atoms with van der Waals surface area (Å²) in [4.78, 5) is 6.69. The second kappa shape index (κ2) is 6.99. The fourth-order valence-corrected chi connectivity index (χ4v) is 3.13. The summed E-state index contributed by atoms with van der Waals surface area (Å²) >= 11 is 2.07. The molecule has 1 aliphatic heterocycles. The first-order valence-electron chi connectivity index (χ1n) is 6.27. The second-order valence-electron chi connectivity index (χ2n) is 4.50. The van der Waals surface area contributed by atoms with Crippen LogP contribution in [0.2, 0.25) is 0 Å². The molecule has 0 radical (unpaired) electrons. The van der Waals surface area contributed by atoms with Crippen LogP contribution >= 0.6 is 11.8 Å². The number of aromatic nitrogens is 1. The van der Waals surface area contributed by atoms with Crippen LogP contribution in [0.4, 0.5) is 0 Å².